The summed E-state index contributed by atoms with van der Waals surface area (Å²) in [6.45, 7) is 0. The fraction of sp³-hybridized carbons (Fsp3) is 0.143. The van der Waals surface area contributed by atoms with Gasteiger partial charge >= 0.3 is 0 Å². The highest BCUT2D eigenvalue weighted by atomic mass is 19.2. The van der Waals surface area contributed by atoms with E-state index in [-0.39, 0.29) is 11.6 Å². The van der Waals surface area contributed by atoms with E-state index in [9.17, 15) is 13.9 Å². The maximum atomic E-state index is 13.6. The fourth-order valence-corrected chi connectivity index (χ4v) is 1.59. The molecule has 0 fully saturated rings. The van der Waals surface area contributed by atoms with Crippen LogP contribution in [-0.4, -0.2) is 18.1 Å². The van der Waals surface area contributed by atoms with Gasteiger partial charge in [0.2, 0.25) is 5.85 Å². The number of halogens is 2. The van der Waals surface area contributed by atoms with Crippen molar-refractivity contribution in [2.45, 2.75) is 5.85 Å². The van der Waals surface area contributed by atoms with Crippen LogP contribution >= 0.6 is 0 Å². The number of hydrogen-bond acceptors (Lipinski definition) is 2. The Morgan fingerprint density at radius 1 is 1.17 bits per heavy atom. The lowest BCUT2D eigenvalue weighted by Crippen LogP contribution is -2.20. The Bertz CT molecular complexity index is 511. The van der Waals surface area contributed by atoms with E-state index < -0.39 is 5.85 Å². The average Bonchev–Trinajstić information content (AvgIpc) is 2.40. The Morgan fingerprint density at radius 2 is 1.72 bits per heavy atom. The van der Waals surface area contributed by atoms with Crippen molar-refractivity contribution >= 4 is 5.76 Å². The Hall–Kier alpha value is -1.94. The van der Waals surface area contributed by atoms with E-state index in [1.807, 2.05) is 0 Å². The minimum Gasteiger partial charge on any atom is -0.507 e. The van der Waals surface area contributed by atoms with Crippen LogP contribution in [0.25, 0.3) is 5.76 Å². The van der Waals surface area contributed by atoms with Gasteiger partial charge in [-0.05, 0) is 48.6 Å². The molecule has 94 valence electrons. The minimum atomic E-state index is -1.94. The molecule has 0 spiro atoms. The van der Waals surface area contributed by atoms with E-state index in [0.717, 1.165) is 0 Å². The molecular formula is C14H12F2O2. The first-order valence-corrected chi connectivity index (χ1v) is 5.36. The Kier molecular flexibility index (Phi) is 3.30. The molecule has 0 aliphatic heterocycles. The van der Waals surface area contributed by atoms with Crippen LogP contribution in [0, 0.1) is 5.82 Å². The zero-order chi connectivity index (χ0) is 13.2. The summed E-state index contributed by atoms with van der Waals surface area (Å²) in [7, 11) is 1.25. The van der Waals surface area contributed by atoms with Crippen molar-refractivity contribution < 1.29 is 18.6 Å². The molecule has 2 nitrogen and oxygen atoms in total. The molecule has 1 aliphatic carbocycles. The topological polar surface area (TPSA) is 29.5 Å². The fourth-order valence-electron chi connectivity index (χ4n) is 1.59. The van der Waals surface area contributed by atoms with Gasteiger partial charge in [-0.1, -0.05) is 0 Å². The summed E-state index contributed by atoms with van der Waals surface area (Å²) < 4.78 is 31.0. The first-order valence-electron chi connectivity index (χ1n) is 5.36. The Labute approximate surface area is 104 Å². The molecule has 2 rings (SSSR count). The van der Waals surface area contributed by atoms with Crippen molar-refractivity contribution in [1.29, 1.82) is 0 Å². The lowest BCUT2D eigenvalue weighted by Gasteiger charge is -2.18. The second-order valence-electron chi connectivity index (χ2n) is 3.88. The van der Waals surface area contributed by atoms with E-state index in [1.54, 1.807) is 0 Å². The van der Waals surface area contributed by atoms with Crippen LogP contribution in [0.5, 0.6) is 0 Å². The molecule has 18 heavy (non-hydrogen) atoms. The lowest BCUT2D eigenvalue weighted by molar-refractivity contribution is -0.0375. The molecule has 0 saturated heterocycles. The van der Waals surface area contributed by atoms with Gasteiger partial charge in [0.15, 0.2) is 0 Å². The van der Waals surface area contributed by atoms with Crippen LogP contribution in [0.1, 0.15) is 5.56 Å². The van der Waals surface area contributed by atoms with Gasteiger partial charge in [0.05, 0.1) is 0 Å². The summed E-state index contributed by atoms with van der Waals surface area (Å²) in [5.74, 6) is -2.36. The van der Waals surface area contributed by atoms with E-state index in [2.05, 4.69) is 4.74 Å². The molecule has 0 aromatic heterocycles. The molecule has 0 atom stereocenters. The van der Waals surface area contributed by atoms with Gasteiger partial charge in [-0.25, -0.2) is 8.78 Å². The zero-order valence-corrected chi connectivity index (χ0v) is 9.73. The van der Waals surface area contributed by atoms with Crippen LogP contribution in [0.2, 0.25) is 0 Å². The maximum Gasteiger partial charge on any atom is 0.248 e. The van der Waals surface area contributed by atoms with E-state index >= 15 is 0 Å². The highest BCUT2D eigenvalue weighted by molar-refractivity contribution is 5.68. The van der Waals surface area contributed by atoms with Crippen molar-refractivity contribution in [2.75, 3.05) is 7.11 Å². The van der Waals surface area contributed by atoms with Crippen LogP contribution in [0.15, 0.2) is 54.1 Å². The maximum absolute atomic E-state index is 13.6. The van der Waals surface area contributed by atoms with Crippen LogP contribution in [0.4, 0.5) is 8.78 Å². The summed E-state index contributed by atoms with van der Waals surface area (Å²) in [5.41, 5.74) is 0.899. The third-order valence-corrected chi connectivity index (χ3v) is 2.68. The largest absolute Gasteiger partial charge is 0.507 e. The van der Waals surface area contributed by atoms with E-state index in [0.29, 0.717) is 11.1 Å². The number of aliphatic hydroxyl groups excluding tert-OH is 1. The molecule has 1 aromatic rings. The molecule has 0 amide bonds. The molecule has 0 radical (unpaired) electrons. The third kappa shape index (κ3) is 2.49. The summed E-state index contributed by atoms with van der Waals surface area (Å²) in [6, 6.07) is 5.40. The standard InChI is InChI=1S/C14H12F2O2/c1-18-14(16)8-6-11(7-9-14)13(17)10-2-4-12(15)5-3-10/h2-9,17H,1H3. The van der Waals surface area contributed by atoms with Gasteiger partial charge in [0, 0.05) is 18.2 Å². The molecular weight excluding hydrogens is 238 g/mol. The van der Waals surface area contributed by atoms with Gasteiger partial charge < -0.3 is 9.84 Å². The Balaban J connectivity index is 2.31. The second kappa shape index (κ2) is 4.74. The van der Waals surface area contributed by atoms with Gasteiger partial charge in [0.25, 0.3) is 0 Å². The highest BCUT2D eigenvalue weighted by Gasteiger charge is 2.24. The first-order chi connectivity index (χ1) is 8.54. The monoisotopic (exact) mass is 250 g/mol. The normalized spacial score (nSPS) is 22.3. The molecule has 1 aliphatic rings. The molecule has 0 unspecified atom stereocenters. The Morgan fingerprint density at radius 3 is 2.22 bits per heavy atom. The number of alkyl halides is 1. The zero-order valence-electron chi connectivity index (χ0n) is 9.73. The van der Waals surface area contributed by atoms with Crippen molar-refractivity contribution in [3.8, 4) is 0 Å². The molecule has 0 saturated carbocycles. The predicted octanol–water partition coefficient (Wildman–Crippen LogP) is 3.53. The molecule has 4 heteroatoms. The van der Waals surface area contributed by atoms with Crippen molar-refractivity contribution in [2.24, 2.45) is 0 Å². The number of ether oxygens (including phenoxy) is 1. The number of allylic oxidation sites excluding steroid dienone is 3. The van der Waals surface area contributed by atoms with Crippen molar-refractivity contribution in [3.05, 3.63) is 65.5 Å². The van der Waals surface area contributed by atoms with Gasteiger partial charge in [-0.3, -0.25) is 0 Å². The summed E-state index contributed by atoms with van der Waals surface area (Å²) >= 11 is 0. The average molecular weight is 250 g/mol. The van der Waals surface area contributed by atoms with Crippen LogP contribution < -0.4 is 0 Å². The molecule has 1 aromatic carbocycles. The first kappa shape index (κ1) is 12.5. The smallest absolute Gasteiger partial charge is 0.248 e. The van der Waals surface area contributed by atoms with E-state index in [1.165, 1.54) is 55.7 Å². The van der Waals surface area contributed by atoms with Crippen molar-refractivity contribution in [3.63, 3.8) is 0 Å². The highest BCUT2D eigenvalue weighted by Crippen LogP contribution is 2.27. The number of methoxy groups -OCH3 is 1. The van der Waals surface area contributed by atoms with E-state index in [4.69, 9.17) is 0 Å². The SMILES string of the molecule is COC1(F)C=CC(=C(O)c2ccc(F)cc2)C=C1. The van der Waals surface area contributed by atoms with Gasteiger partial charge in [0.1, 0.15) is 11.6 Å². The molecule has 1 N–H and O–H groups in total. The lowest BCUT2D eigenvalue weighted by atomic mass is 10.0. The molecule has 0 heterocycles. The number of hydrogen-bond donors (Lipinski definition) is 1. The van der Waals surface area contributed by atoms with Crippen molar-refractivity contribution in [1.82, 2.24) is 0 Å². The summed E-state index contributed by atoms with van der Waals surface area (Å²) in [6.07, 6.45) is 5.23. The number of benzene rings is 1. The van der Waals surface area contributed by atoms with Gasteiger partial charge in [-0.15, -0.1) is 0 Å². The van der Waals surface area contributed by atoms with Gasteiger partial charge in [-0.2, -0.15) is 0 Å². The molecule has 0 bridgehead atoms. The summed E-state index contributed by atoms with van der Waals surface area (Å²) in [4.78, 5) is 0. The minimum absolute atomic E-state index is 0.0411. The predicted molar refractivity (Wildman–Crippen MR) is 65.1 cm³/mol. The third-order valence-electron chi connectivity index (χ3n) is 2.68. The van der Waals surface area contributed by atoms with Crippen LogP contribution in [-0.2, 0) is 4.74 Å². The van der Waals surface area contributed by atoms with Crippen LogP contribution in [0.3, 0.4) is 0 Å². The number of rotatable bonds is 2. The summed E-state index contributed by atoms with van der Waals surface area (Å²) in [5, 5.41) is 9.97. The number of aliphatic hydroxyl groups is 1. The second-order valence-corrected chi connectivity index (χ2v) is 3.88. The quantitative estimate of drug-likeness (QED) is 0.813.